The van der Waals surface area contributed by atoms with E-state index in [9.17, 15) is 33.4 Å². The molecule has 0 aromatic heterocycles. The summed E-state index contributed by atoms with van der Waals surface area (Å²) in [5.41, 5.74) is -0.0201. The standard InChI is InChI=1S/C22H13ClN4O8S2/c23-17-12-15(27(31)32)7-10-18(17)24-22-25-21(28)20(36-22)11-13-3-1-2-4-19(13)35-37(33,34)16-8-5-14(6-9-16)26(29)30/h1-12H,(H,24,25,28)/b20-11+. The monoisotopic (exact) mass is 560 g/mol. The van der Waals surface area contributed by atoms with Gasteiger partial charge in [0.1, 0.15) is 10.6 Å². The summed E-state index contributed by atoms with van der Waals surface area (Å²) in [7, 11) is -4.34. The second kappa shape index (κ2) is 10.4. The summed E-state index contributed by atoms with van der Waals surface area (Å²) in [6, 6.07) is 14.0. The summed E-state index contributed by atoms with van der Waals surface area (Å²) in [5, 5.41) is 24.4. The Morgan fingerprint density at radius 1 is 0.973 bits per heavy atom. The van der Waals surface area contributed by atoms with Crippen LogP contribution in [0.1, 0.15) is 5.56 Å². The third-order valence-electron chi connectivity index (χ3n) is 4.76. The smallest absolute Gasteiger partial charge is 0.339 e. The van der Waals surface area contributed by atoms with E-state index >= 15 is 0 Å². The molecule has 1 heterocycles. The summed E-state index contributed by atoms with van der Waals surface area (Å²) in [6.07, 6.45) is 1.40. The summed E-state index contributed by atoms with van der Waals surface area (Å²) in [4.78, 5) is 37.0. The molecule has 4 rings (SSSR count). The molecule has 0 unspecified atom stereocenters. The number of hydrogen-bond donors (Lipinski definition) is 1. The van der Waals surface area contributed by atoms with Crippen molar-refractivity contribution in [2.45, 2.75) is 4.90 Å². The number of nitro groups is 2. The number of amides is 1. The summed E-state index contributed by atoms with van der Waals surface area (Å²) < 4.78 is 30.7. The number of aliphatic imine (C=N–C) groups is 1. The quantitative estimate of drug-likeness (QED) is 0.184. The number of para-hydroxylation sites is 1. The van der Waals surface area contributed by atoms with Gasteiger partial charge in [0, 0.05) is 29.8 Å². The second-order valence-electron chi connectivity index (χ2n) is 7.20. The first-order valence-electron chi connectivity index (χ1n) is 10.0. The molecule has 1 saturated heterocycles. The summed E-state index contributed by atoms with van der Waals surface area (Å²) in [6.45, 7) is 0. The Bertz CT molecular complexity index is 1610. The van der Waals surface area contributed by atoms with E-state index in [-0.39, 0.29) is 48.4 Å². The molecule has 0 aliphatic carbocycles. The lowest BCUT2D eigenvalue weighted by Crippen LogP contribution is -2.19. The number of thioether (sulfide) groups is 1. The molecule has 1 N–H and O–H groups in total. The first-order chi connectivity index (χ1) is 17.5. The zero-order valence-electron chi connectivity index (χ0n) is 18.2. The fourth-order valence-electron chi connectivity index (χ4n) is 3.01. The van der Waals surface area contributed by atoms with Crippen LogP contribution in [0.3, 0.4) is 0 Å². The van der Waals surface area contributed by atoms with Crippen LogP contribution in [0, 0.1) is 20.2 Å². The number of rotatable bonds is 7. The van der Waals surface area contributed by atoms with E-state index in [1.807, 2.05) is 0 Å². The molecule has 0 bridgehead atoms. The molecule has 3 aromatic rings. The third kappa shape index (κ3) is 5.94. The lowest BCUT2D eigenvalue weighted by molar-refractivity contribution is -0.385. The molecule has 3 aromatic carbocycles. The van der Waals surface area contributed by atoms with Crippen LogP contribution in [0.15, 0.2) is 81.5 Å². The third-order valence-corrected chi connectivity index (χ3v) is 7.22. The number of nitrogens with one attached hydrogen (secondary N) is 1. The molecule has 1 aliphatic heterocycles. The van der Waals surface area contributed by atoms with Gasteiger partial charge in [0.05, 0.1) is 25.5 Å². The first-order valence-corrected chi connectivity index (χ1v) is 12.7. The SMILES string of the molecule is O=C1NC(=Nc2ccc([N+](=O)[O-])cc2Cl)S/C1=C/c1ccccc1OS(=O)(=O)c1ccc([N+](=O)[O-])cc1. The minimum atomic E-state index is -4.34. The van der Waals surface area contributed by atoms with Gasteiger partial charge in [-0.05, 0) is 42.1 Å². The average Bonchev–Trinajstić information content (AvgIpc) is 3.19. The fraction of sp³-hybridized carbons (Fsp3) is 0. The number of amidine groups is 1. The van der Waals surface area contributed by atoms with Crippen molar-refractivity contribution in [1.29, 1.82) is 0 Å². The number of carbonyl (C=O) groups is 1. The second-order valence-corrected chi connectivity index (χ2v) is 10.2. The lowest BCUT2D eigenvalue weighted by atomic mass is 10.2. The van der Waals surface area contributed by atoms with Gasteiger partial charge in [-0.1, -0.05) is 29.8 Å². The predicted octanol–water partition coefficient (Wildman–Crippen LogP) is 4.82. The number of nitro benzene ring substituents is 2. The molecule has 1 fully saturated rings. The highest BCUT2D eigenvalue weighted by Gasteiger charge is 2.26. The van der Waals surface area contributed by atoms with Gasteiger partial charge in [0.15, 0.2) is 5.17 Å². The van der Waals surface area contributed by atoms with Crippen LogP contribution in [0.25, 0.3) is 6.08 Å². The zero-order valence-corrected chi connectivity index (χ0v) is 20.6. The zero-order chi connectivity index (χ0) is 26.7. The first kappa shape index (κ1) is 25.8. The van der Waals surface area contributed by atoms with Gasteiger partial charge < -0.3 is 9.50 Å². The molecule has 0 atom stereocenters. The van der Waals surface area contributed by atoms with Crippen LogP contribution >= 0.6 is 23.4 Å². The number of nitrogens with zero attached hydrogens (tertiary/aromatic N) is 3. The molecule has 15 heteroatoms. The fourth-order valence-corrected chi connectivity index (χ4v) is 5.00. The molecular weight excluding hydrogens is 548 g/mol. The Morgan fingerprint density at radius 3 is 2.27 bits per heavy atom. The highest BCUT2D eigenvalue weighted by molar-refractivity contribution is 8.18. The van der Waals surface area contributed by atoms with Crippen molar-refractivity contribution in [2.75, 3.05) is 0 Å². The van der Waals surface area contributed by atoms with Crippen molar-refractivity contribution >= 4 is 67.7 Å². The maximum Gasteiger partial charge on any atom is 0.339 e. The average molecular weight is 561 g/mol. The molecule has 0 radical (unpaired) electrons. The number of halogens is 1. The van der Waals surface area contributed by atoms with Crippen molar-refractivity contribution in [2.24, 2.45) is 4.99 Å². The Morgan fingerprint density at radius 2 is 1.62 bits per heavy atom. The topological polar surface area (TPSA) is 171 Å². The van der Waals surface area contributed by atoms with E-state index in [1.165, 1.54) is 36.4 Å². The normalized spacial score (nSPS) is 15.5. The van der Waals surface area contributed by atoms with Crippen LogP contribution in [0.4, 0.5) is 17.1 Å². The molecule has 0 saturated carbocycles. The highest BCUT2D eigenvalue weighted by atomic mass is 35.5. The molecule has 1 amide bonds. The van der Waals surface area contributed by atoms with E-state index in [0.717, 1.165) is 42.1 Å². The Kier molecular flexibility index (Phi) is 7.24. The van der Waals surface area contributed by atoms with Crippen LogP contribution in [-0.4, -0.2) is 29.3 Å². The largest absolute Gasteiger partial charge is 0.378 e. The van der Waals surface area contributed by atoms with Gasteiger partial charge in [0.2, 0.25) is 0 Å². The predicted molar refractivity (Wildman–Crippen MR) is 136 cm³/mol. The van der Waals surface area contributed by atoms with Crippen LogP contribution < -0.4 is 9.50 Å². The van der Waals surface area contributed by atoms with Crippen molar-refractivity contribution in [1.82, 2.24) is 5.32 Å². The minimum Gasteiger partial charge on any atom is -0.378 e. The Balaban J connectivity index is 1.58. The van der Waals surface area contributed by atoms with Crippen LogP contribution in [0.2, 0.25) is 5.02 Å². The number of non-ortho nitro benzene ring substituents is 2. The minimum absolute atomic E-state index is 0.0178. The van der Waals surface area contributed by atoms with E-state index in [1.54, 1.807) is 6.07 Å². The number of hydrogen-bond acceptors (Lipinski definition) is 10. The molecule has 37 heavy (non-hydrogen) atoms. The van der Waals surface area contributed by atoms with Crippen molar-refractivity contribution < 1.29 is 27.2 Å². The summed E-state index contributed by atoms with van der Waals surface area (Å²) >= 11 is 7.00. The van der Waals surface area contributed by atoms with Crippen molar-refractivity contribution in [3.05, 3.63) is 102 Å². The maximum absolute atomic E-state index is 12.7. The molecule has 0 spiro atoms. The van der Waals surface area contributed by atoms with E-state index in [2.05, 4.69) is 10.3 Å². The van der Waals surface area contributed by atoms with Crippen LogP contribution in [0.5, 0.6) is 5.75 Å². The van der Waals surface area contributed by atoms with E-state index < -0.39 is 25.9 Å². The molecule has 12 nitrogen and oxygen atoms in total. The van der Waals surface area contributed by atoms with Crippen LogP contribution in [-0.2, 0) is 14.9 Å². The van der Waals surface area contributed by atoms with Gasteiger partial charge in [-0.3, -0.25) is 25.0 Å². The van der Waals surface area contributed by atoms with E-state index in [4.69, 9.17) is 15.8 Å². The number of carbonyl (C=O) groups excluding carboxylic acids is 1. The van der Waals surface area contributed by atoms with Crippen molar-refractivity contribution in [3.8, 4) is 5.75 Å². The maximum atomic E-state index is 12.7. The van der Waals surface area contributed by atoms with Gasteiger partial charge >= 0.3 is 10.1 Å². The van der Waals surface area contributed by atoms with Gasteiger partial charge in [-0.25, -0.2) is 4.99 Å². The lowest BCUT2D eigenvalue weighted by Gasteiger charge is -2.09. The Labute approximate surface area is 218 Å². The van der Waals surface area contributed by atoms with Gasteiger partial charge in [-0.2, -0.15) is 8.42 Å². The van der Waals surface area contributed by atoms with E-state index in [0.29, 0.717) is 0 Å². The Hall–Kier alpha value is -4.27. The molecule has 188 valence electrons. The van der Waals surface area contributed by atoms with Gasteiger partial charge in [0.25, 0.3) is 17.3 Å². The summed E-state index contributed by atoms with van der Waals surface area (Å²) in [5.74, 6) is -0.597. The highest BCUT2D eigenvalue weighted by Crippen LogP contribution is 2.34. The molecular formula is C22H13ClN4O8S2. The molecule has 1 aliphatic rings. The van der Waals surface area contributed by atoms with Gasteiger partial charge in [-0.15, -0.1) is 0 Å². The van der Waals surface area contributed by atoms with Crippen molar-refractivity contribution in [3.63, 3.8) is 0 Å². The number of benzene rings is 3.